The number of hydrogen-bond acceptors (Lipinski definition) is 4. The van der Waals surface area contributed by atoms with Crippen molar-refractivity contribution in [2.24, 2.45) is 11.3 Å². The van der Waals surface area contributed by atoms with E-state index in [9.17, 15) is 4.79 Å². The molecule has 2 aliphatic heterocycles. The predicted octanol–water partition coefficient (Wildman–Crippen LogP) is 0.869. The minimum Gasteiger partial charge on any atom is -0.469 e. The first-order valence-electron chi connectivity index (χ1n) is 6.58. The Hall–Kier alpha value is -0.610. The van der Waals surface area contributed by atoms with Gasteiger partial charge in [0.25, 0.3) is 0 Å². The highest BCUT2D eigenvalue weighted by atomic mass is 16.5. The standard InChI is InChI=1S/C13H24N2O2/c1-13(2,12(16)17-3)9-15-6-4-5-10-7-14-8-11(10)15/h10-11,14H,4-9H2,1-3H3. The van der Waals surface area contributed by atoms with Crippen LogP contribution in [0.25, 0.3) is 0 Å². The summed E-state index contributed by atoms with van der Waals surface area (Å²) in [5.74, 6) is 0.669. The number of ether oxygens (including phenoxy) is 1. The molecule has 2 aliphatic rings. The van der Waals surface area contributed by atoms with Gasteiger partial charge in [-0.3, -0.25) is 9.69 Å². The van der Waals surface area contributed by atoms with Crippen LogP contribution in [0, 0.1) is 11.3 Å². The van der Waals surface area contributed by atoms with Crippen LogP contribution in [-0.4, -0.2) is 50.2 Å². The second kappa shape index (κ2) is 4.94. The predicted molar refractivity (Wildman–Crippen MR) is 66.8 cm³/mol. The summed E-state index contributed by atoms with van der Waals surface area (Å²) in [6.07, 6.45) is 2.58. The average molecular weight is 240 g/mol. The highest BCUT2D eigenvalue weighted by Crippen LogP contribution is 2.29. The first-order chi connectivity index (χ1) is 8.04. The molecule has 2 fully saturated rings. The largest absolute Gasteiger partial charge is 0.469 e. The molecule has 2 saturated heterocycles. The summed E-state index contributed by atoms with van der Waals surface area (Å²) in [6, 6.07) is 0.618. The average Bonchev–Trinajstić information content (AvgIpc) is 2.76. The van der Waals surface area contributed by atoms with Crippen molar-refractivity contribution < 1.29 is 9.53 Å². The van der Waals surface area contributed by atoms with Crippen molar-refractivity contribution in [2.45, 2.75) is 32.7 Å². The Labute approximate surface area is 104 Å². The quantitative estimate of drug-likeness (QED) is 0.743. The van der Waals surface area contributed by atoms with Gasteiger partial charge in [0.2, 0.25) is 0 Å². The number of piperidine rings is 1. The van der Waals surface area contributed by atoms with Crippen LogP contribution in [0.15, 0.2) is 0 Å². The van der Waals surface area contributed by atoms with Gasteiger partial charge in [-0.25, -0.2) is 0 Å². The van der Waals surface area contributed by atoms with Gasteiger partial charge in [0.05, 0.1) is 12.5 Å². The van der Waals surface area contributed by atoms with Crippen LogP contribution < -0.4 is 5.32 Å². The highest BCUT2D eigenvalue weighted by Gasteiger charge is 2.39. The topological polar surface area (TPSA) is 41.6 Å². The first kappa shape index (κ1) is 12.8. The maximum atomic E-state index is 11.7. The van der Waals surface area contributed by atoms with Gasteiger partial charge >= 0.3 is 5.97 Å². The molecular formula is C13H24N2O2. The molecule has 0 saturated carbocycles. The number of likely N-dealkylation sites (tertiary alicyclic amines) is 1. The van der Waals surface area contributed by atoms with Gasteiger partial charge in [-0.15, -0.1) is 0 Å². The number of carbonyl (C=O) groups is 1. The zero-order chi connectivity index (χ0) is 12.5. The van der Waals surface area contributed by atoms with Crippen LogP contribution >= 0.6 is 0 Å². The zero-order valence-electron chi connectivity index (χ0n) is 11.2. The molecule has 0 aromatic heterocycles. The van der Waals surface area contributed by atoms with E-state index in [2.05, 4.69) is 10.2 Å². The molecule has 0 radical (unpaired) electrons. The number of hydrogen-bond donors (Lipinski definition) is 1. The Morgan fingerprint density at radius 1 is 1.47 bits per heavy atom. The molecule has 0 aromatic rings. The molecule has 0 amide bonds. The van der Waals surface area contributed by atoms with Crippen LogP contribution in [0.4, 0.5) is 0 Å². The molecule has 4 nitrogen and oxygen atoms in total. The molecule has 2 unspecified atom stereocenters. The van der Waals surface area contributed by atoms with Gasteiger partial charge in [-0.05, 0) is 45.7 Å². The number of carbonyl (C=O) groups excluding carboxylic acids is 1. The molecule has 17 heavy (non-hydrogen) atoms. The van der Waals surface area contributed by atoms with Crippen molar-refractivity contribution in [3.8, 4) is 0 Å². The van der Waals surface area contributed by atoms with Crippen LogP contribution in [0.3, 0.4) is 0 Å². The van der Waals surface area contributed by atoms with Gasteiger partial charge in [0.1, 0.15) is 0 Å². The van der Waals surface area contributed by atoms with E-state index in [1.54, 1.807) is 0 Å². The summed E-state index contributed by atoms with van der Waals surface area (Å²) in [5, 5.41) is 3.47. The van der Waals surface area contributed by atoms with E-state index in [1.807, 2.05) is 13.8 Å². The van der Waals surface area contributed by atoms with E-state index in [4.69, 9.17) is 4.74 Å². The molecule has 4 heteroatoms. The normalized spacial score (nSPS) is 30.1. The van der Waals surface area contributed by atoms with Crippen LogP contribution in [0.5, 0.6) is 0 Å². The lowest BCUT2D eigenvalue weighted by molar-refractivity contribution is -0.152. The van der Waals surface area contributed by atoms with E-state index < -0.39 is 5.41 Å². The maximum Gasteiger partial charge on any atom is 0.312 e. The van der Waals surface area contributed by atoms with Gasteiger partial charge in [0, 0.05) is 19.1 Å². The lowest BCUT2D eigenvalue weighted by Crippen LogP contribution is -2.50. The van der Waals surface area contributed by atoms with E-state index in [-0.39, 0.29) is 5.97 Å². The fourth-order valence-corrected chi connectivity index (χ4v) is 3.21. The number of methoxy groups -OCH3 is 1. The fourth-order valence-electron chi connectivity index (χ4n) is 3.21. The van der Waals surface area contributed by atoms with E-state index in [0.29, 0.717) is 6.04 Å². The van der Waals surface area contributed by atoms with Crippen molar-refractivity contribution in [1.29, 1.82) is 0 Å². The van der Waals surface area contributed by atoms with Crippen LogP contribution in [0.2, 0.25) is 0 Å². The third kappa shape index (κ3) is 2.63. The highest BCUT2D eigenvalue weighted by molar-refractivity contribution is 5.76. The molecule has 0 spiro atoms. The van der Waals surface area contributed by atoms with Crippen molar-refractivity contribution in [2.75, 3.05) is 33.3 Å². The molecule has 1 N–H and O–H groups in total. The summed E-state index contributed by atoms with van der Waals surface area (Å²) in [5.41, 5.74) is -0.404. The smallest absolute Gasteiger partial charge is 0.312 e. The van der Waals surface area contributed by atoms with E-state index >= 15 is 0 Å². The molecule has 2 heterocycles. The molecule has 0 bridgehead atoms. The van der Waals surface area contributed by atoms with E-state index in [1.165, 1.54) is 20.0 Å². The summed E-state index contributed by atoms with van der Waals surface area (Å²) in [6.45, 7) is 8.09. The zero-order valence-corrected chi connectivity index (χ0v) is 11.2. The Morgan fingerprint density at radius 2 is 2.24 bits per heavy atom. The SMILES string of the molecule is COC(=O)C(C)(C)CN1CCCC2CNCC21. The Balaban J connectivity index is 2.00. The lowest BCUT2D eigenvalue weighted by atomic mass is 9.87. The Kier molecular flexibility index (Phi) is 3.73. The summed E-state index contributed by atoms with van der Waals surface area (Å²) in [4.78, 5) is 14.2. The maximum absolute atomic E-state index is 11.7. The Bertz CT molecular complexity index is 291. The van der Waals surface area contributed by atoms with E-state index in [0.717, 1.165) is 32.1 Å². The molecule has 98 valence electrons. The molecule has 2 rings (SSSR count). The number of rotatable bonds is 3. The van der Waals surface area contributed by atoms with Crippen LogP contribution in [0.1, 0.15) is 26.7 Å². The monoisotopic (exact) mass is 240 g/mol. The number of fused-ring (bicyclic) bond motifs is 1. The summed E-state index contributed by atoms with van der Waals surface area (Å²) in [7, 11) is 1.47. The minimum absolute atomic E-state index is 0.106. The molecule has 0 aliphatic carbocycles. The number of esters is 1. The van der Waals surface area contributed by atoms with Gasteiger partial charge in [-0.2, -0.15) is 0 Å². The molecular weight excluding hydrogens is 216 g/mol. The number of nitrogens with one attached hydrogen (secondary N) is 1. The first-order valence-corrected chi connectivity index (χ1v) is 6.58. The second-order valence-electron chi connectivity index (χ2n) is 5.97. The fraction of sp³-hybridized carbons (Fsp3) is 0.923. The second-order valence-corrected chi connectivity index (χ2v) is 5.97. The van der Waals surface area contributed by atoms with Crippen molar-refractivity contribution in [1.82, 2.24) is 10.2 Å². The summed E-state index contributed by atoms with van der Waals surface area (Å²) >= 11 is 0. The lowest BCUT2D eigenvalue weighted by Gasteiger charge is -2.40. The van der Waals surface area contributed by atoms with Gasteiger partial charge in [0.15, 0.2) is 0 Å². The number of nitrogens with zero attached hydrogens (tertiary/aromatic N) is 1. The molecule has 0 aromatic carbocycles. The Morgan fingerprint density at radius 3 is 2.94 bits per heavy atom. The van der Waals surface area contributed by atoms with Crippen molar-refractivity contribution >= 4 is 5.97 Å². The van der Waals surface area contributed by atoms with Crippen molar-refractivity contribution in [3.63, 3.8) is 0 Å². The third-order valence-corrected chi connectivity index (χ3v) is 4.13. The van der Waals surface area contributed by atoms with Gasteiger partial charge in [-0.1, -0.05) is 0 Å². The third-order valence-electron chi connectivity index (χ3n) is 4.13. The molecule has 2 atom stereocenters. The van der Waals surface area contributed by atoms with Gasteiger partial charge < -0.3 is 10.1 Å². The van der Waals surface area contributed by atoms with Crippen LogP contribution in [-0.2, 0) is 9.53 Å². The van der Waals surface area contributed by atoms with Crippen molar-refractivity contribution in [3.05, 3.63) is 0 Å². The minimum atomic E-state index is -0.404. The summed E-state index contributed by atoms with van der Waals surface area (Å²) < 4.78 is 4.89.